The smallest absolute Gasteiger partial charge is 0.225 e. The van der Waals surface area contributed by atoms with Gasteiger partial charge < -0.3 is 14.8 Å². The number of ether oxygens (including phenoxy) is 2. The lowest BCUT2D eigenvalue weighted by molar-refractivity contribution is -0.115. The number of anilines is 1. The molecular formula is C18H19NO5S2. The lowest BCUT2D eigenvalue weighted by Crippen LogP contribution is -2.18. The first kappa shape index (κ1) is 18.6. The molecule has 0 spiro atoms. The van der Waals surface area contributed by atoms with E-state index in [0.717, 1.165) is 4.90 Å². The van der Waals surface area contributed by atoms with E-state index >= 15 is 0 Å². The van der Waals surface area contributed by atoms with E-state index in [1.807, 2.05) is 18.4 Å². The van der Waals surface area contributed by atoms with Gasteiger partial charge in [0.25, 0.3) is 0 Å². The topological polar surface area (TPSA) is 81.7 Å². The molecule has 0 fully saturated rings. The Bertz CT molecular complexity index is 894. The normalized spacial score (nSPS) is 13.3. The molecule has 0 unspecified atom stereocenters. The predicted molar refractivity (Wildman–Crippen MR) is 101 cm³/mol. The van der Waals surface area contributed by atoms with Crippen molar-refractivity contribution in [1.29, 1.82) is 0 Å². The quantitative estimate of drug-likeness (QED) is 0.760. The van der Waals surface area contributed by atoms with E-state index in [2.05, 4.69) is 5.32 Å². The van der Waals surface area contributed by atoms with Gasteiger partial charge in [0, 0.05) is 23.1 Å². The largest absolute Gasteiger partial charge is 0.486 e. The first-order valence-electron chi connectivity index (χ1n) is 8.04. The number of carbonyl (C=O) groups is 1. The summed E-state index contributed by atoms with van der Waals surface area (Å²) in [6, 6.07) is 11.9. The lowest BCUT2D eigenvalue weighted by Gasteiger charge is -2.18. The van der Waals surface area contributed by atoms with Crippen LogP contribution in [-0.2, 0) is 14.6 Å². The van der Waals surface area contributed by atoms with E-state index in [-0.39, 0.29) is 23.0 Å². The number of hydrogen-bond acceptors (Lipinski definition) is 6. The molecule has 8 heteroatoms. The molecule has 0 saturated carbocycles. The third kappa shape index (κ3) is 4.50. The Kier molecular flexibility index (Phi) is 5.73. The minimum atomic E-state index is -3.59. The molecule has 0 saturated heterocycles. The highest BCUT2D eigenvalue weighted by atomic mass is 32.2. The molecule has 0 aliphatic carbocycles. The Hall–Kier alpha value is -2.19. The second kappa shape index (κ2) is 8.01. The van der Waals surface area contributed by atoms with E-state index in [4.69, 9.17) is 9.47 Å². The maximum absolute atomic E-state index is 12.5. The van der Waals surface area contributed by atoms with Crippen molar-refractivity contribution in [3.63, 3.8) is 0 Å². The van der Waals surface area contributed by atoms with Gasteiger partial charge in [-0.1, -0.05) is 0 Å². The van der Waals surface area contributed by atoms with E-state index in [9.17, 15) is 13.2 Å². The van der Waals surface area contributed by atoms with Gasteiger partial charge in [0.1, 0.15) is 13.2 Å². The van der Waals surface area contributed by atoms with E-state index in [1.54, 1.807) is 30.0 Å². The fourth-order valence-electron chi connectivity index (χ4n) is 2.46. The average Bonchev–Trinajstić information content (AvgIpc) is 2.67. The van der Waals surface area contributed by atoms with Gasteiger partial charge in [-0.3, -0.25) is 4.79 Å². The molecule has 1 N–H and O–H groups in total. The molecule has 2 aromatic carbocycles. The van der Waals surface area contributed by atoms with Crippen molar-refractivity contribution in [1.82, 2.24) is 0 Å². The number of sulfone groups is 1. The zero-order valence-electron chi connectivity index (χ0n) is 14.2. The van der Waals surface area contributed by atoms with Gasteiger partial charge in [-0.05, 0) is 42.7 Å². The Morgan fingerprint density at radius 3 is 2.46 bits per heavy atom. The summed E-state index contributed by atoms with van der Waals surface area (Å²) in [7, 11) is -3.59. The predicted octanol–water partition coefficient (Wildman–Crippen LogP) is 2.98. The molecule has 1 aliphatic rings. The summed E-state index contributed by atoms with van der Waals surface area (Å²) >= 11 is 1.61. The summed E-state index contributed by atoms with van der Waals surface area (Å²) in [5.74, 6) is 0.321. The third-order valence-electron chi connectivity index (χ3n) is 3.84. The second-order valence-corrected chi connectivity index (χ2v) is 8.64. The molecule has 1 amide bonds. The van der Waals surface area contributed by atoms with Crippen molar-refractivity contribution in [2.45, 2.75) is 16.2 Å². The Morgan fingerprint density at radius 2 is 1.77 bits per heavy atom. The fourth-order valence-corrected chi connectivity index (χ4v) is 4.12. The Balaban J connectivity index is 1.61. The number of carbonyl (C=O) groups excluding carboxylic acids is 1. The second-order valence-electron chi connectivity index (χ2n) is 5.65. The number of thioether (sulfide) groups is 1. The minimum absolute atomic E-state index is 0.124. The van der Waals surface area contributed by atoms with Crippen LogP contribution in [0.15, 0.2) is 52.3 Å². The van der Waals surface area contributed by atoms with Crippen LogP contribution in [0, 0.1) is 0 Å². The Labute approximate surface area is 156 Å². The minimum Gasteiger partial charge on any atom is -0.486 e. The summed E-state index contributed by atoms with van der Waals surface area (Å²) < 4.78 is 35.8. The van der Waals surface area contributed by atoms with Gasteiger partial charge in [0.15, 0.2) is 21.3 Å². The lowest BCUT2D eigenvalue weighted by atomic mass is 10.3. The maximum Gasteiger partial charge on any atom is 0.225 e. The summed E-state index contributed by atoms with van der Waals surface area (Å²) in [6.07, 6.45) is 1.84. The van der Waals surface area contributed by atoms with E-state index in [0.29, 0.717) is 30.4 Å². The maximum atomic E-state index is 12.5. The first-order chi connectivity index (χ1) is 12.5. The molecule has 1 aliphatic heterocycles. The molecule has 6 nitrogen and oxygen atoms in total. The number of rotatable bonds is 6. The van der Waals surface area contributed by atoms with Gasteiger partial charge in [-0.15, -0.1) is 11.8 Å². The van der Waals surface area contributed by atoms with Gasteiger partial charge in [0.2, 0.25) is 5.91 Å². The van der Waals surface area contributed by atoms with Crippen LogP contribution in [-0.4, -0.2) is 39.5 Å². The van der Waals surface area contributed by atoms with Gasteiger partial charge in [-0.25, -0.2) is 8.42 Å². The SMILES string of the molecule is CSc1ccc(NC(=O)CCS(=O)(=O)c2ccc3c(c2)OCCO3)cc1. The Morgan fingerprint density at radius 1 is 1.08 bits per heavy atom. The van der Waals surface area contributed by atoms with Crippen LogP contribution in [0.2, 0.25) is 0 Å². The van der Waals surface area contributed by atoms with Crippen molar-refractivity contribution in [2.24, 2.45) is 0 Å². The molecular weight excluding hydrogens is 374 g/mol. The van der Waals surface area contributed by atoms with Crippen LogP contribution in [0.3, 0.4) is 0 Å². The van der Waals surface area contributed by atoms with Crippen LogP contribution in [0.25, 0.3) is 0 Å². The number of benzene rings is 2. The molecule has 3 rings (SSSR count). The molecule has 0 aromatic heterocycles. The van der Waals surface area contributed by atoms with Crippen molar-refractivity contribution in [3.8, 4) is 11.5 Å². The molecule has 138 valence electrons. The van der Waals surface area contributed by atoms with Crippen LogP contribution in [0.5, 0.6) is 11.5 Å². The highest BCUT2D eigenvalue weighted by Gasteiger charge is 2.20. The van der Waals surface area contributed by atoms with Crippen molar-refractivity contribution >= 4 is 33.2 Å². The zero-order chi connectivity index (χ0) is 18.6. The molecule has 0 atom stereocenters. The fraction of sp³-hybridized carbons (Fsp3) is 0.278. The van der Waals surface area contributed by atoms with E-state index < -0.39 is 9.84 Å². The highest BCUT2D eigenvalue weighted by Crippen LogP contribution is 2.32. The monoisotopic (exact) mass is 393 g/mol. The summed E-state index contributed by atoms with van der Waals surface area (Å²) in [5, 5.41) is 2.71. The standard InChI is InChI=1S/C18H19NO5S2/c1-25-14-4-2-13(3-5-14)19-18(20)8-11-26(21,22)15-6-7-16-17(12-15)24-10-9-23-16/h2-7,12H,8-11H2,1H3,(H,19,20). The highest BCUT2D eigenvalue weighted by molar-refractivity contribution is 7.98. The number of nitrogens with one attached hydrogen (secondary N) is 1. The van der Waals surface area contributed by atoms with Gasteiger partial charge >= 0.3 is 0 Å². The van der Waals surface area contributed by atoms with Crippen LogP contribution in [0.4, 0.5) is 5.69 Å². The molecule has 26 heavy (non-hydrogen) atoms. The van der Waals surface area contributed by atoms with Crippen LogP contribution in [0.1, 0.15) is 6.42 Å². The van der Waals surface area contributed by atoms with Crippen molar-refractivity contribution < 1.29 is 22.7 Å². The van der Waals surface area contributed by atoms with Crippen molar-refractivity contribution in [2.75, 3.05) is 30.5 Å². The molecule has 0 radical (unpaired) electrons. The van der Waals surface area contributed by atoms with Gasteiger partial charge in [0.05, 0.1) is 10.6 Å². The first-order valence-corrected chi connectivity index (χ1v) is 10.9. The number of amides is 1. The summed E-state index contributed by atoms with van der Waals surface area (Å²) in [5.41, 5.74) is 0.643. The third-order valence-corrected chi connectivity index (χ3v) is 6.30. The van der Waals surface area contributed by atoms with E-state index in [1.165, 1.54) is 12.1 Å². The number of fused-ring (bicyclic) bond motifs is 1. The van der Waals surface area contributed by atoms with Gasteiger partial charge in [-0.2, -0.15) is 0 Å². The average molecular weight is 393 g/mol. The van der Waals surface area contributed by atoms with Crippen LogP contribution < -0.4 is 14.8 Å². The van der Waals surface area contributed by atoms with Crippen LogP contribution >= 0.6 is 11.8 Å². The summed E-state index contributed by atoms with van der Waals surface area (Å²) in [6.45, 7) is 0.825. The molecule has 1 heterocycles. The molecule has 2 aromatic rings. The summed E-state index contributed by atoms with van der Waals surface area (Å²) in [4.78, 5) is 13.3. The zero-order valence-corrected chi connectivity index (χ0v) is 15.9. The molecule has 0 bridgehead atoms. The van der Waals surface area contributed by atoms with Crippen molar-refractivity contribution in [3.05, 3.63) is 42.5 Å². The number of hydrogen-bond donors (Lipinski definition) is 1.